The van der Waals surface area contributed by atoms with Crippen LogP contribution in [0.2, 0.25) is 0 Å². The van der Waals surface area contributed by atoms with Crippen molar-refractivity contribution in [2.24, 2.45) is 0 Å². The van der Waals surface area contributed by atoms with Gasteiger partial charge in [-0.1, -0.05) is 34.1 Å². The van der Waals surface area contributed by atoms with Gasteiger partial charge in [0.1, 0.15) is 11.4 Å². The maximum Gasteiger partial charge on any atom is 0.138 e. The number of aromatic nitrogens is 2. The van der Waals surface area contributed by atoms with Crippen LogP contribution in [-0.4, -0.2) is 16.5 Å². The first-order valence-electron chi connectivity index (χ1n) is 9.45. The van der Waals surface area contributed by atoms with Crippen molar-refractivity contribution in [1.82, 2.24) is 9.38 Å². The molecular formula is C24H22Br2N2O. The van der Waals surface area contributed by atoms with E-state index in [0.29, 0.717) is 0 Å². The molecule has 0 radical (unpaired) electrons. The van der Waals surface area contributed by atoms with Gasteiger partial charge in [-0.2, -0.15) is 0 Å². The summed E-state index contributed by atoms with van der Waals surface area (Å²) < 4.78 is 9.83. The van der Waals surface area contributed by atoms with Gasteiger partial charge in [-0.25, -0.2) is 4.98 Å². The van der Waals surface area contributed by atoms with Gasteiger partial charge in [-0.3, -0.25) is 4.40 Å². The highest BCUT2D eigenvalue weighted by atomic mass is 79.9. The highest BCUT2D eigenvalue weighted by Crippen LogP contribution is 2.33. The second-order valence-electron chi connectivity index (χ2n) is 7.31. The minimum Gasteiger partial charge on any atom is -0.497 e. The van der Waals surface area contributed by atoms with E-state index in [-0.39, 0.29) is 0 Å². The molecule has 29 heavy (non-hydrogen) atoms. The summed E-state index contributed by atoms with van der Waals surface area (Å²) >= 11 is 7.36. The van der Waals surface area contributed by atoms with Crippen LogP contribution in [0.4, 0.5) is 0 Å². The number of halogens is 2. The van der Waals surface area contributed by atoms with Crippen molar-refractivity contribution in [3.05, 3.63) is 85.6 Å². The molecule has 4 aromatic rings. The number of benzene rings is 2. The van der Waals surface area contributed by atoms with Crippen LogP contribution < -0.4 is 4.74 Å². The van der Waals surface area contributed by atoms with E-state index < -0.39 is 0 Å². The summed E-state index contributed by atoms with van der Waals surface area (Å²) in [4.78, 5) is 5.04. The fourth-order valence-corrected chi connectivity index (χ4v) is 4.48. The Morgan fingerprint density at radius 3 is 2.45 bits per heavy atom. The van der Waals surface area contributed by atoms with Gasteiger partial charge < -0.3 is 4.74 Å². The Bertz CT molecular complexity index is 1230. The monoisotopic (exact) mass is 512 g/mol. The number of ether oxygens (including phenoxy) is 1. The van der Waals surface area contributed by atoms with Crippen molar-refractivity contribution in [3.63, 3.8) is 0 Å². The Hall–Kier alpha value is -2.11. The third-order valence-corrected chi connectivity index (χ3v) is 7.04. The second-order valence-corrected chi connectivity index (χ2v) is 9.02. The van der Waals surface area contributed by atoms with Gasteiger partial charge in [0.05, 0.1) is 18.5 Å². The van der Waals surface area contributed by atoms with E-state index >= 15 is 0 Å². The van der Waals surface area contributed by atoms with Gasteiger partial charge >= 0.3 is 0 Å². The van der Waals surface area contributed by atoms with Crippen molar-refractivity contribution in [2.45, 2.75) is 27.2 Å². The van der Waals surface area contributed by atoms with Crippen molar-refractivity contribution in [2.75, 3.05) is 7.11 Å². The largest absolute Gasteiger partial charge is 0.497 e. The molecule has 0 bridgehead atoms. The summed E-state index contributed by atoms with van der Waals surface area (Å²) in [6.07, 6.45) is 0.787. The molecule has 0 spiro atoms. The summed E-state index contributed by atoms with van der Waals surface area (Å²) in [5, 5.41) is 0. The minimum atomic E-state index is 0.787. The molecule has 0 saturated heterocycles. The zero-order chi connectivity index (χ0) is 20.7. The Labute approximate surface area is 188 Å². The molecule has 0 aliphatic heterocycles. The first-order valence-corrected chi connectivity index (χ1v) is 11.0. The molecule has 0 aliphatic carbocycles. The molecule has 0 atom stereocenters. The Kier molecular flexibility index (Phi) is 5.54. The van der Waals surface area contributed by atoms with E-state index in [1.165, 1.54) is 22.4 Å². The topological polar surface area (TPSA) is 26.5 Å². The fourth-order valence-electron chi connectivity index (χ4n) is 3.79. The SMILES string of the molecule is COc1ccc(Cc2c(-c3cccc(Br)c3)nc3cc(C)c(Br)c(C)n23)c(C)c1. The van der Waals surface area contributed by atoms with Crippen LogP contribution in [0.25, 0.3) is 16.9 Å². The van der Waals surface area contributed by atoms with Crippen LogP contribution >= 0.6 is 31.9 Å². The molecule has 4 rings (SSSR count). The average molecular weight is 514 g/mol. The minimum absolute atomic E-state index is 0.787. The van der Waals surface area contributed by atoms with Crippen LogP contribution in [-0.2, 0) is 6.42 Å². The maximum atomic E-state index is 5.38. The Balaban J connectivity index is 1.97. The summed E-state index contributed by atoms with van der Waals surface area (Å²) in [5.41, 5.74) is 9.11. The predicted octanol–water partition coefficient (Wildman–Crippen LogP) is 7.05. The highest BCUT2D eigenvalue weighted by molar-refractivity contribution is 9.10. The number of nitrogens with zero attached hydrogens (tertiary/aromatic N) is 2. The Morgan fingerprint density at radius 1 is 0.966 bits per heavy atom. The lowest BCUT2D eigenvalue weighted by molar-refractivity contribution is 0.414. The van der Waals surface area contributed by atoms with Crippen LogP contribution in [0.5, 0.6) is 5.75 Å². The van der Waals surface area contributed by atoms with Crippen LogP contribution in [0, 0.1) is 20.8 Å². The third-order valence-electron chi connectivity index (χ3n) is 5.35. The van der Waals surface area contributed by atoms with E-state index in [0.717, 1.165) is 43.7 Å². The van der Waals surface area contributed by atoms with E-state index in [9.17, 15) is 0 Å². The lowest BCUT2D eigenvalue weighted by Crippen LogP contribution is -2.03. The van der Waals surface area contributed by atoms with Crippen LogP contribution in [0.3, 0.4) is 0 Å². The molecule has 148 valence electrons. The number of fused-ring (bicyclic) bond motifs is 1. The molecule has 0 aliphatic rings. The molecule has 2 aromatic carbocycles. The number of imidazole rings is 1. The normalized spacial score (nSPS) is 11.2. The number of rotatable bonds is 4. The van der Waals surface area contributed by atoms with Crippen molar-refractivity contribution in [3.8, 4) is 17.0 Å². The van der Waals surface area contributed by atoms with E-state index in [1.807, 2.05) is 12.1 Å². The van der Waals surface area contributed by atoms with Gasteiger partial charge in [-0.05, 0) is 83.7 Å². The number of pyridine rings is 1. The van der Waals surface area contributed by atoms with Crippen molar-refractivity contribution in [1.29, 1.82) is 0 Å². The molecule has 0 amide bonds. The summed E-state index contributed by atoms with van der Waals surface area (Å²) in [6, 6.07) is 16.7. The average Bonchev–Trinajstić information content (AvgIpc) is 3.05. The van der Waals surface area contributed by atoms with Crippen LogP contribution in [0.15, 0.2) is 57.5 Å². The molecule has 5 heteroatoms. The van der Waals surface area contributed by atoms with Gasteiger partial charge in [0.25, 0.3) is 0 Å². The van der Waals surface area contributed by atoms with E-state index in [2.05, 4.69) is 93.4 Å². The summed E-state index contributed by atoms with van der Waals surface area (Å²) in [7, 11) is 1.70. The van der Waals surface area contributed by atoms with Gasteiger partial charge in [0, 0.05) is 26.6 Å². The first kappa shape index (κ1) is 20.2. The van der Waals surface area contributed by atoms with E-state index in [1.54, 1.807) is 7.11 Å². The Morgan fingerprint density at radius 2 is 1.76 bits per heavy atom. The quantitative estimate of drug-likeness (QED) is 0.292. The molecule has 0 unspecified atom stereocenters. The summed E-state index contributed by atoms with van der Waals surface area (Å²) in [5.74, 6) is 0.881. The van der Waals surface area contributed by atoms with E-state index in [4.69, 9.17) is 9.72 Å². The number of hydrogen-bond acceptors (Lipinski definition) is 2. The predicted molar refractivity (Wildman–Crippen MR) is 126 cm³/mol. The molecule has 2 heterocycles. The summed E-state index contributed by atoms with van der Waals surface area (Å²) in [6.45, 7) is 6.38. The molecule has 3 nitrogen and oxygen atoms in total. The van der Waals surface area contributed by atoms with Crippen molar-refractivity contribution >= 4 is 37.5 Å². The van der Waals surface area contributed by atoms with Gasteiger partial charge in [0.15, 0.2) is 0 Å². The maximum absolute atomic E-state index is 5.38. The first-order chi connectivity index (χ1) is 13.9. The second kappa shape index (κ2) is 7.96. The molecule has 0 fully saturated rings. The van der Waals surface area contributed by atoms with Crippen LogP contribution in [0.1, 0.15) is 28.1 Å². The molecule has 2 aromatic heterocycles. The molecule has 0 saturated carbocycles. The smallest absolute Gasteiger partial charge is 0.138 e. The molecule has 0 N–H and O–H groups in total. The number of methoxy groups -OCH3 is 1. The number of hydrogen-bond donors (Lipinski definition) is 0. The highest BCUT2D eigenvalue weighted by Gasteiger charge is 2.19. The zero-order valence-electron chi connectivity index (χ0n) is 16.9. The zero-order valence-corrected chi connectivity index (χ0v) is 20.1. The lowest BCUT2D eigenvalue weighted by Gasteiger charge is -2.13. The lowest BCUT2D eigenvalue weighted by atomic mass is 10.0. The molecular weight excluding hydrogens is 492 g/mol. The number of aryl methyl sites for hydroxylation is 3. The fraction of sp³-hybridized carbons (Fsp3) is 0.208. The standard InChI is InChI=1S/C24H22Br2N2O/c1-14-10-20(29-4)9-8-17(14)13-21-24(18-6-5-7-19(25)12-18)27-22-11-15(2)23(26)16(3)28(21)22/h5-12H,13H2,1-4H3. The van der Waals surface area contributed by atoms with Gasteiger partial charge in [-0.15, -0.1) is 0 Å². The third kappa shape index (κ3) is 3.74. The van der Waals surface area contributed by atoms with Gasteiger partial charge in [0.2, 0.25) is 0 Å². The van der Waals surface area contributed by atoms with Crippen molar-refractivity contribution < 1.29 is 4.74 Å².